The monoisotopic (exact) mass is 600 g/mol. The van der Waals surface area contributed by atoms with Crippen molar-refractivity contribution in [1.82, 2.24) is 0 Å². The van der Waals surface area contributed by atoms with E-state index in [1.807, 2.05) is 6.07 Å². The fourth-order valence-corrected chi connectivity index (χ4v) is 5.39. The van der Waals surface area contributed by atoms with E-state index in [-0.39, 0.29) is 18.0 Å². The number of hydrogen-bond donors (Lipinski definition) is 2. The van der Waals surface area contributed by atoms with E-state index in [4.69, 9.17) is 4.74 Å². The number of ether oxygens (including phenoxy) is 1. The molecule has 1 unspecified atom stereocenters. The third-order valence-electron chi connectivity index (χ3n) is 8.37. The number of fused-ring (bicyclic) bond motifs is 1. The number of phenols is 1. The summed E-state index contributed by atoms with van der Waals surface area (Å²) in [5.74, 6) is 1.10. The fourth-order valence-electron chi connectivity index (χ4n) is 5.39. The minimum Gasteiger partial charge on any atom is -0.508 e. The van der Waals surface area contributed by atoms with Gasteiger partial charge in [-0.05, 0) is 155 Å². The van der Waals surface area contributed by atoms with Crippen LogP contribution >= 0.6 is 0 Å². The van der Waals surface area contributed by atoms with Gasteiger partial charge in [0.2, 0.25) is 0 Å². The summed E-state index contributed by atoms with van der Waals surface area (Å²) in [5, 5.41) is 19.5. The largest absolute Gasteiger partial charge is 0.508 e. The molecule has 0 aromatic heterocycles. The van der Waals surface area contributed by atoms with Gasteiger partial charge in [0.25, 0.3) is 0 Å². The van der Waals surface area contributed by atoms with Crippen LogP contribution in [-0.2, 0) is 0 Å². The van der Waals surface area contributed by atoms with E-state index in [1.54, 1.807) is 12.1 Å². The quantitative estimate of drug-likeness (QED) is 0.155. The Kier molecular flexibility index (Phi) is 17.0. The summed E-state index contributed by atoms with van der Waals surface area (Å²) in [7, 11) is 0. The summed E-state index contributed by atoms with van der Waals surface area (Å²) in [6, 6.07) is 5.27. The average molecular weight is 601 g/mol. The van der Waals surface area contributed by atoms with Gasteiger partial charge in [0.15, 0.2) is 0 Å². The van der Waals surface area contributed by atoms with Gasteiger partial charge >= 0.3 is 0 Å². The highest BCUT2D eigenvalue weighted by Crippen LogP contribution is 2.35. The number of allylic oxidation sites excluding steroid dienone is 11. The molecule has 3 nitrogen and oxygen atoms in total. The molecule has 0 saturated heterocycles. The summed E-state index contributed by atoms with van der Waals surface area (Å²) >= 11 is 0. The Morgan fingerprint density at radius 1 is 0.682 bits per heavy atom. The third kappa shape index (κ3) is 15.6. The zero-order chi connectivity index (χ0) is 32.4. The van der Waals surface area contributed by atoms with Gasteiger partial charge in [-0.2, -0.15) is 0 Å². The Balaban J connectivity index is 1.64. The fraction of sp³-hybridized carbons (Fsp3) is 0.512. The van der Waals surface area contributed by atoms with Crippen molar-refractivity contribution in [3.8, 4) is 11.5 Å². The van der Waals surface area contributed by atoms with E-state index in [0.717, 1.165) is 93.9 Å². The molecule has 1 heterocycles. The minimum absolute atomic E-state index is 0.166. The predicted octanol–water partition coefficient (Wildman–Crippen LogP) is 11.9. The molecule has 1 aromatic rings. The number of aromatic hydroxyl groups is 1. The molecule has 0 fully saturated rings. The van der Waals surface area contributed by atoms with Gasteiger partial charge in [-0.25, -0.2) is 0 Å². The van der Waals surface area contributed by atoms with Gasteiger partial charge < -0.3 is 14.9 Å². The van der Waals surface area contributed by atoms with Gasteiger partial charge in [-0.3, -0.25) is 0 Å². The highest BCUT2D eigenvalue weighted by atomic mass is 16.5. The second-order valence-electron chi connectivity index (χ2n) is 13.2. The predicted molar refractivity (Wildman–Crippen MR) is 191 cm³/mol. The molecule has 2 N–H and O–H groups in total. The molecule has 1 atom stereocenters. The van der Waals surface area contributed by atoms with Gasteiger partial charge in [-0.15, -0.1) is 0 Å². The zero-order valence-corrected chi connectivity index (χ0v) is 28.8. The molecule has 44 heavy (non-hydrogen) atoms. The van der Waals surface area contributed by atoms with Crippen LogP contribution in [0.3, 0.4) is 0 Å². The van der Waals surface area contributed by atoms with Crippen LogP contribution in [-0.4, -0.2) is 22.4 Å². The van der Waals surface area contributed by atoms with E-state index in [1.165, 1.54) is 27.9 Å². The molecule has 0 saturated carbocycles. The maximum absolute atomic E-state index is 9.78. The van der Waals surface area contributed by atoms with Crippen LogP contribution in [0, 0.1) is 0 Å². The van der Waals surface area contributed by atoms with Gasteiger partial charge in [0, 0.05) is 5.56 Å². The molecule has 0 amide bonds. The minimum atomic E-state index is -0.317. The molecule has 2 rings (SSSR count). The summed E-state index contributed by atoms with van der Waals surface area (Å²) < 4.78 is 6.24. The summed E-state index contributed by atoms with van der Waals surface area (Å²) in [5.41, 5.74) is 8.94. The van der Waals surface area contributed by atoms with Crippen molar-refractivity contribution >= 4 is 6.08 Å². The molecule has 1 aromatic carbocycles. The van der Waals surface area contributed by atoms with Crippen molar-refractivity contribution in [1.29, 1.82) is 0 Å². The second-order valence-corrected chi connectivity index (χ2v) is 13.2. The lowest BCUT2D eigenvalue weighted by Crippen LogP contribution is -2.31. The molecular weight excluding hydrogens is 540 g/mol. The van der Waals surface area contributed by atoms with E-state index >= 15 is 0 Å². The first-order valence-electron chi connectivity index (χ1n) is 16.8. The topological polar surface area (TPSA) is 49.7 Å². The Morgan fingerprint density at radius 3 is 1.73 bits per heavy atom. The smallest absolute Gasteiger partial charge is 0.128 e. The first kappa shape index (κ1) is 37.1. The number of benzene rings is 1. The lowest BCUT2D eigenvalue weighted by Gasteiger charge is -2.31. The van der Waals surface area contributed by atoms with Gasteiger partial charge in [0.1, 0.15) is 17.1 Å². The van der Waals surface area contributed by atoms with Crippen LogP contribution in [0.15, 0.2) is 94.2 Å². The van der Waals surface area contributed by atoms with Crippen molar-refractivity contribution in [2.75, 3.05) is 6.61 Å². The summed E-state index contributed by atoms with van der Waals surface area (Å²) in [6.07, 6.45) is 30.7. The number of phenolic OH excluding ortho intramolecular Hbond substituents is 1. The van der Waals surface area contributed by atoms with Crippen molar-refractivity contribution in [3.63, 3.8) is 0 Å². The van der Waals surface area contributed by atoms with E-state index in [0.29, 0.717) is 0 Å². The SMILES string of the molecule is CC(C)=CCC/C(C)=C/CC/C(=C/CC/C(C)=C/CC/C(C)=C/CC/C(C)=C/CCC1(C)C=Cc2cc(O)ccc2O1)CO. The van der Waals surface area contributed by atoms with Crippen LogP contribution in [0.2, 0.25) is 0 Å². The molecule has 0 spiro atoms. The number of aliphatic hydroxyl groups excluding tert-OH is 1. The molecule has 3 heteroatoms. The molecule has 1 aliphatic heterocycles. The maximum atomic E-state index is 9.78. The maximum Gasteiger partial charge on any atom is 0.128 e. The Bertz CT molecular complexity index is 1250. The summed E-state index contributed by atoms with van der Waals surface area (Å²) in [6.45, 7) is 15.5. The number of hydrogen-bond acceptors (Lipinski definition) is 3. The van der Waals surface area contributed by atoms with Gasteiger partial charge in [-0.1, -0.05) is 70.4 Å². The van der Waals surface area contributed by atoms with Crippen molar-refractivity contribution in [3.05, 3.63) is 99.7 Å². The van der Waals surface area contributed by atoms with Crippen LogP contribution in [0.5, 0.6) is 11.5 Å². The van der Waals surface area contributed by atoms with Crippen LogP contribution in [0.1, 0.15) is 131 Å². The van der Waals surface area contributed by atoms with E-state index in [9.17, 15) is 10.2 Å². The molecule has 0 radical (unpaired) electrons. The lowest BCUT2D eigenvalue weighted by atomic mass is 9.94. The Hall–Kier alpha value is -3.04. The molecule has 0 bridgehead atoms. The first-order chi connectivity index (χ1) is 21.0. The summed E-state index contributed by atoms with van der Waals surface area (Å²) in [4.78, 5) is 0. The van der Waals surface area contributed by atoms with Crippen LogP contribution in [0.25, 0.3) is 6.08 Å². The van der Waals surface area contributed by atoms with Crippen molar-refractivity contribution in [2.24, 2.45) is 0 Å². The molecule has 242 valence electrons. The van der Waals surface area contributed by atoms with Crippen LogP contribution < -0.4 is 4.74 Å². The van der Waals surface area contributed by atoms with Crippen LogP contribution in [0.4, 0.5) is 0 Å². The van der Waals surface area contributed by atoms with E-state index < -0.39 is 0 Å². The average Bonchev–Trinajstić information content (AvgIpc) is 2.96. The first-order valence-corrected chi connectivity index (χ1v) is 16.8. The van der Waals surface area contributed by atoms with Crippen molar-refractivity contribution < 1.29 is 14.9 Å². The molecule has 0 aliphatic carbocycles. The van der Waals surface area contributed by atoms with Gasteiger partial charge in [0.05, 0.1) is 6.61 Å². The Labute approximate surface area is 269 Å². The molecular formula is C41H60O3. The normalized spacial score (nSPS) is 17.9. The number of aliphatic hydroxyl groups is 1. The molecule has 1 aliphatic rings. The highest BCUT2D eigenvalue weighted by molar-refractivity contribution is 5.62. The van der Waals surface area contributed by atoms with Crippen molar-refractivity contribution in [2.45, 2.75) is 131 Å². The second kappa shape index (κ2) is 20.1. The number of rotatable bonds is 19. The standard InChI is InChI=1S/C41H60O3/c1-32(2)14-8-15-33(3)20-11-23-37(31-42)24-12-21-35(5)18-9-16-34(4)17-10-19-36(6)22-13-28-41(7)29-27-38-30-39(43)25-26-40(38)44-41/h14,17-18,20,22,24-27,29-30,42-43H,8-13,15-16,19,21,23,28,31H2,1-7H3/b33-20+,34-17+,35-18+,36-22+,37-24-. The lowest BCUT2D eigenvalue weighted by molar-refractivity contribution is 0.128. The zero-order valence-electron chi connectivity index (χ0n) is 28.8. The Morgan fingerprint density at radius 2 is 1.18 bits per heavy atom. The van der Waals surface area contributed by atoms with E-state index in [2.05, 4.69) is 97.1 Å². The highest BCUT2D eigenvalue weighted by Gasteiger charge is 2.26. The third-order valence-corrected chi connectivity index (χ3v) is 8.37.